The fourth-order valence-corrected chi connectivity index (χ4v) is 2.74. The standard InChI is InChI=1S/C14H11F4NOS2/c1-2-20-19-7-11(9-3-5-10(15)6-4-9)13(21)12(8-19)22-14(16,17)18/h3-8H,2H2,1H3. The predicted octanol–water partition coefficient (Wildman–Crippen LogP) is 5.08. The fourth-order valence-electron chi connectivity index (χ4n) is 1.79. The van der Waals surface area contributed by atoms with Crippen LogP contribution in [0.4, 0.5) is 17.6 Å². The van der Waals surface area contributed by atoms with Crippen molar-refractivity contribution in [1.29, 1.82) is 0 Å². The molecule has 0 aliphatic carbocycles. The van der Waals surface area contributed by atoms with Crippen LogP contribution >= 0.6 is 24.0 Å². The van der Waals surface area contributed by atoms with Gasteiger partial charge >= 0.3 is 5.51 Å². The molecule has 0 unspecified atom stereocenters. The summed E-state index contributed by atoms with van der Waals surface area (Å²) in [7, 11) is 0. The summed E-state index contributed by atoms with van der Waals surface area (Å²) in [6, 6.07) is 5.36. The summed E-state index contributed by atoms with van der Waals surface area (Å²) in [6.07, 6.45) is 2.68. The molecule has 118 valence electrons. The Kier molecular flexibility index (Phi) is 5.12. The van der Waals surface area contributed by atoms with Gasteiger partial charge in [-0.2, -0.15) is 17.9 Å². The van der Waals surface area contributed by atoms with E-state index in [1.54, 1.807) is 6.92 Å². The summed E-state index contributed by atoms with van der Waals surface area (Å²) in [6.45, 7) is 1.99. The number of alkyl halides is 3. The van der Waals surface area contributed by atoms with Gasteiger partial charge in [-0.3, -0.25) is 0 Å². The van der Waals surface area contributed by atoms with Crippen LogP contribution in [0.5, 0.6) is 0 Å². The third-order valence-corrected chi connectivity index (χ3v) is 3.96. The molecule has 1 aromatic carbocycles. The zero-order valence-electron chi connectivity index (χ0n) is 11.4. The molecule has 0 atom stereocenters. The first kappa shape index (κ1) is 16.8. The van der Waals surface area contributed by atoms with E-state index in [1.807, 2.05) is 0 Å². The number of nitrogens with zero attached hydrogens (tertiary/aromatic N) is 1. The van der Waals surface area contributed by atoms with Crippen molar-refractivity contribution in [2.75, 3.05) is 6.61 Å². The molecule has 0 aliphatic rings. The lowest BCUT2D eigenvalue weighted by atomic mass is 10.1. The van der Waals surface area contributed by atoms with E-state index in [0.29, 0.717) is 11.1 Å². The summed E-state index contributed by atoms with van der Waals surface area (Å²) < 4.78 is 52.2. The minimum atomic E-state index is -4.46. The van der Waals surface area contributed by atoms with Gasteiger partial charge in [0.15, 0.2) is 0 Å². The molecule has 0 saturated carbocycles. The minimum absolute atomic E-state index is 0.0462. The number of rotatable bonds is 4. The highest BCUT2D eigenvalue weighted by atomic mass is 32.2. The Morgan fingerprint density at radius 3 is 2.36 bits per heavy atom. The molecular formula is C14H11F4NOS2. The van der Waals surface area contributed by atoms with Gasteiger partial charge in [-0.25, -0.2) is 4.39 Å². The number of thioether (sulfide) groups is 1. The van der Waals surface area contributed by atoms with Crippen molar-refractivity contribution in [3.05, 3.63) is 47.0 Å². The van der Waals surface area contributed by atoms with Gasteiger partial charge in [0.2, 0.25) is 0 Å². The second-order valence-corrected chi connectivity index (χ2v) is 5.71. The van der Waals surface area contributed by atoms with E-state index in [4.69, 9.17) is 17.1 Å². The maximum absolute atomic E-state index is 13.0. The Hall–Kier alpha value is -1.54. The van der Waals surface area contributed by atoms with E-state index >= 15 is 0 Å². The molecule has 0 fully saturated rings. The molecule has 1 heterocycles. The molecule has 2 aromatic rings. The highest BCUT2D eigenvalue weighted by molar-refractivity contribution is 8.00. The molecule has 8 heteroatoms. The summed E-state index contributed by atoms with van der Waals surface area (Å²) in [5, 5.41) is 0. The van der Waals surface area contributed by atoms with Crippen LogP contribution < -0.4 is 4.84 Å². The van der Waals surface area contributed by atoms with Gasteiger partial charge in [0, 0.05) is 5.56 Å². The third kappa shape index (κ3) is 4.23. The highest BCUT2D eigenvalue weighted by Crippen LogP contribution is 2.39. The maximum atomic E-state index is 13.0. The second kappa shape index (κ2) is 6.70. The van der Waals surface area contributed by atoms with Crippen LogP contribution in [0, 0.1) is 10.3 Å². The van der Waals surface area contributed by atoms with Gasteiger partial charge in [0.25, 0.3) is 0 Å². The topological polar surface area (TPSA) is 14.2 Å². The van der Waals surface area contributed by atoms with Crippen LogP contribution in [0.15, 0.2) is 41.6 Å². The van der Waals surface area contributed by atoms with Crippen molar-refractivity contribution in [3.8, 4) is 11.1 Å². The average molecular weight is 349 g/mol. The van der Waals surface area contributed by atoms with Crippen molar-refractivity contribution in [1.82, 2.24) is 4.73 Å². The molecule has 2 nitrogen and oxygen atoms in total. The van der Waals surface area contributed by atoms with Gasteiger partial charge in [0.1, 0.15) is 12.4 Å². The number of hydrogen-bond acceptors (Lipinski definition) is 3. The van der Waals surface area contributed by atoms with Crippen LogP contribution in [-0.4, -0.2) is 16.8 Å². The van der Waals surface area contributed by atoms with E-state index in [1.165, 1.54) is 41.4 Å². The molecule has 0 bridgehead atoms. The largest absolute Gasteiger partial charge is 0.446 e. The summed E-state index contributed by atoms with van der Waals surface area (Å²) in [5.41, 5.74) is -3.57. The summed E-state index contributed by atoms with van der Waals surface area (Å²) in [4.78, 5) is 5.08. The van der Waals surface area contributed by atoms with Gasteiger partial charge in [0.05, 0.1) is 21.8 Å². The third-order valence-electron chi connectivity index (χ3n) is 2.63. The lowest BCUT2D eigenvalue weighted by molar-refractivity contribution is -0.0328. The van der Waals surface area contributed by atoms with Crippen LogP contribution in [-0.2, 0) is 0 Å². The molecule has 2 rings (SSSR count). The van der Waals surface area contributed by atoms with Crippen molar-refractivity contribution >= 4 is 24.0 Å². The zero-order valence-corrected chi connectivity index (χ0v) is 13.0. The Balaban J connectivity index is 2.56. The SMILES string of the molecule is CCOn1cc(SC(F)(F)F)c(=S)c(-c2ccc(F)cc2)c1. The highest BCUT2D eigenvalue weighted by Gasteiger charge is 2.30. The van der Waals surface area contributed by atoms with Crippen LogP contribution in [0.25, 0.3) is 11.1 Å². The van der Waals surface area contributed by atoms with Crippen molar-refractivity contribution < 1.29 is 22.4 Å². The summed E-state index contributed by atoms with van der Waals surface area (Å²) >= 11 is 4.84. The Labute approximate surface area is 133 Å². The molecule has 0 spiro atoms. The number of hydrogen-bond donors (Lipinski definition) is 0. The molecule has 22 heavy (non-hydrogen) atoms. The van der Waals surface area contributed by atoms with Gasteiger partial charge in [-0.05, 0) is 36.4 Å². The first-order chi connectivity index (χ1) is 10.3. The number of aromatic nitrogens is 1. The second-order valence-electron chi connectivity index (χ2n) is 4.20. The monoisotopic (exact) mass is 349 g/mol. The van der Waals surface area contributed by atoms with Gasteiger partial charge in [-0.15, -0.1) is 0 Å². The van der Waals surface area contributed by atoms with Crippen LogP contribution in [0.1, 0.15) is 6.92 Å². The minimum Gasteiger partial charge on any atom is -0.415 e. The van der Waals surface area contributed by atoms with E-state index in [9.17, 15) is 17.6 Å². The van der Waals surface area contributed by atoms with Crippen LogP contribution in [0.2, 0.25) is 0 Å². The van der Waals surface area contributed by atoms with Crippen molar-refractivity contribution in [3.63, 3.8) is 0 Å². The van der Waals surface area contributed by atoms with Crippen molar-refractivity contribution in [2.45, 2.75) is 17.3 Å². The quantitative estimate of drug-likeness (QED) is 0.434. The molecule has 0 amide bonds. The number of pyridine rings is 1. The Morgan fingerprint density at radius 2 is 1.82 bits per heavy atom. The Bertz CT molecular complexity index is 710. The Morgan fingerprint density at radius 1 is 1.18 bits per heavy atom. The fraction of sp³-hybridized carbons (Fsp3) is 0.214. The van der Waals surface area contributed by atoms with Crippen LogP contribution in [0.3, 0.4) is 0 Å². The molecule has 0 saturated heterocycles. The molecular weight excluding hydrogens is 338 g/mol. The number of halogens is 4. The lowest BCUT2D eigenvalue weighted by Gasteiger charge is -2.14. The van der Waals surface area contributed by atoms with E-state index in [-0.39, 0.29) is 27.8 Å². The maximum Gasteiger partial charge on any atom is 0.446 e. The molecule has 0 radical (unpaired) electrons. The van der Waals surface area contributed by atoms with Gasteiger partial charge in [-0.1, -0.05) is 24.4 Å². The molecule has 0 N–H and O–H groups in total. The van der Waals surface area contributed by atoms with E-state index < -0.39 is 11.3 Å². The van der Waals surface area contributed by atoms with E-state index in [0.717, 1.165) is 0 Å². The first-order valence-electron chi connectivity index (χ1n) is 6.21. The van der Waals surface area contributed by atoms with E-state index in [2.05, 4.69) is 0 Å². The molecule has 0 aliphatic heterocycles. The molecule has 1 aromatic heterocycles. The number of benzene rings is 1. The van der Waals surface area contributed by atoms with Crippen molar-refractivity contribution in [2.24, 2.45) is 0 Å². The lowest BCUT2D eigenvalue weighted by Crippen LogP contribution is -2.12. The predicted molar refractivity (Wildman–Crippen MR) is 79.7 cm³/mol. The average Bonchev–Trinajstić information content (AvgIpc) is 2.42. The first-order valence-corrected chi connectivity index (χ1v) is 7.44. The zero-order chi connectivity index (χ0) is 16.3. The normalized spacial score (nSPS) is 11.5. The smallest absolute Gasteiger partial charge is 0.415 e. The van der Waals surface area contributed by atoms with Gasteiger partial charge < -0.3 is 4.84 Å². The summed E-state index contributed by atoms with van der Waals surface area (Å²) in [5.74, 6) is -0.437.